The summed E-state index contributed by atoms with van der Waals surface area (Å²) in [7, 11) is 0. The Kier molecular flexibility index (Phi) is 13.6. The smallest absolute Gasteiger partial charge is 0.253 e. The summed E-state index contributed by atoms with van der Waals surface area (Å²) in [6, 6.07) is 11.4. The fraction of sp³-hybridized carbons (Fsp3) is 0.478. The molecule has 0 radical (unpaired) electrons. The van der Waals surface area contributed by atoms with Gasteiger partial charge in [0.2, 0.25) is 0 Å². The molecule has 1 heterocycles. The largest absolute Gasteiger partial charge is 0.467 e. The summed E-state index contributed by atoms with van der Waals surface area (Å²) in [4.78, 5) is 18.8. The first-order valence-electron chi connectivity index (χ1n) is 10.7. The van der Waals surface area contributed by atoms with E-state index < -0.39 is 0 Å². The van der Waals surface area contributed by atoms with Crippen LogP contribution < -0.4 is 10.6 Å². The van der Waals surface area contributed by atoms with E-state index in [2.05, 4.69) is 15.6 Å². The maximum absolute atomic E-state index is 12.4. The number of nitrogens with zero attached hydrogens (tertiary/aromatic N) is 2. The Morgan fingerprint density at radius 3 is 2.45 bits per heavy atom. The van der Waals surface area contributed by atoms with Gasteiger partial charge in [-0.25, -0.2) is 4.99 Å². The molecule has 0 aliphatic carbocycles. The average molecular weight is 542 g/mol. The Balaban J connectivity index is 0.00000480. The second-order valence-electron chi connectivity index (χ2n) is 6.78. The third-order valence-corrected chi connectivity index (χ3v) is 4.60. The van der Waals surface area contributed by atoms with Crippen molar-refractivity contribution in [3.8, 4) is 0 Å². The van der Waals surface area contributed by atoms with Crippen LogP contribution in [0, 0.1) is 0 Å². The first-order valence-corrected chi connectivity index (χ1v) is 10.7. The van der Waals surface area contributed by atoms with E-state index in [1.165, 1.54) is 0 Å². The molecule has 7 nitrogen and oxygen atoms in total. The van der Waals surface area contributed by atoms with Crippen LogP contribution in [-0.2, 0) is 17.9 Å². The van der Waals surface area contributed by atoms with Crippen LogP contribution in [0.15, 0.2) is 52.1 Å². The van der Waals surface area contributed by atoms with Crippen molar-refractivity contribution in [2.24, 2.45) is 4.99 Å². The number of benzene rings is 1. The number of hydrogen-bond donors (Lipinski definition) is 2. The maximum Gasteiger partial charge on any atom is 0.253 e. The summed E-state index contributed by atoms with van der Waals surface area (Å²) in [5.74, 6) is 1.67. The molecule has 2 N–H and O–H groups in total. The highest BCUT2D eigenvalue weighted by Crippen LogP contribution is 2.09. The molecule has 0 aliphatic heterocycles. The monoisotopic (exact) mass is 542 g/mol. The summed E-state index contributed by atoms with van der Waals surface area (Å²) >= 11 is 0. The number of carbonyl (C=O) groups excluding carboxylic acids is 1. The lowest BCUT2D eigenvalue weighted by molar-refractivity contribution is 0.0773. The highest BCUT2D eigenvalue weighted by atomic mass is 127. The van der Waals surface area contributed by atoms with E-state index in [-0.39, 0.29) is 29.9 Å². The van der Waals surface area contributed by atoms with Crippen molar-refractivity contribution in [3.63, 3.8) is 0 Å². The van der Waals surface area contributed by atoms with Crippen LogP contribution in [0.5, 0.6) is 0 Å². The third kappa shape index (κ3) is 9.73. The van der Waals surface area contributed by atoms with Crippen LogP contribution in [0.1, 0.15) is 48.9 Å². The number of carbonyl (C=O) groups is 1. The molecule has 0 aliphatic rings. The number of guanidine groups is 1. The Morgan fingerprint density at radius 1 is 1.10 bits per heavy atom. The van der Waals surface area contributed by atoms with E-state index >= 15 is 0 Å². The van der Waals surface area contributed by atoms with Crippen molar-refractivity contribution in [3.05, 3.63) is 59.5 Å². The van der Waals surface area contributed by atoms with Crippen molar-refractivity contribution >= 4 is 35.8 Å². The lowest BCUT2D eigenvalue weighted by atomic mass is 10.1. The summed E-state index contributed by atoms with van der Waals surface area (Å²) in [5, 5.41) is 6.57. The van der Waals surface area contributed by atoms with Gasteiger partial charge in [0.15, 0.2) is 5.96 Å². The van der Waals surface area contributed by atoms with Crippen LogP contribution in [0.4, 0.5) is 0 Å². The fourth-order valence-electron chi connectivity index (χ4n) is 2.91. The molecule has 0 unspecified atom stereocenters. The van der Waals surface area contributed by atoms with Gasteiger partial charge in [-0.2, -0.15) is 0 Å². The van der Waals surface area contributed by atoms with E-state index in [1.54, 1.807) is 6.26 Å². The molecule has 31 heavy (non-hydrogen) atoms. The molecule has 0 atom stereocenters. The molecule has 0 saturated carbocycles. The molecule has 8 heteroatoms. The summed E-state index contributed by atoms with van der Waals surface area (Å²) in [6.07, 6.45) is 2.52. The van der Waals surface area contributed by atoms with Gasteiger partial charge in [-0.05, 0) is 57.0 Å². The fourth-order valence-corrected chi connectivity index (χ4v) is 2.91. The summed E-state index contributed by atoms with van der Waals surface area (Å²) in [6.45, 7) is 10.7. The SMILES string of the molecule is CCNC(=NCc1ccc(C(=O)N(CC)CC)cc1)NCCCOCc1ccco1.I. The zero-order chi connectivity index (χ0) is 21.6. The molecule has 0 spiro atoms. The van der Waals surface area contributed by atoms with Gasteiger partial charge in [0, 0.05) is 38.3 Å². The number of amides is 1. The molecule has 2 rings (SSSR count). The average Bonchev–Trinajstić information content (AvgIpc) is 3.29. The predicted molar refractivity (Wildman–Crippen MR) is 135 cm³/mol. The lowest BCUT2D eigenvalue weighted by Gasteiger charge is -2.18. The summed E-state index contributed by atoms with van der Waals surface area (Å²) < 4.78 is 10.8. The third-order valence-electron chi connectivity index (χ3n) is 4.60. The lowest BCUT2D eigenvalue weighted by Crippen LogP contribution is -2.38. The number of rotatable bonds is 12. The van der Waals surface area contributed by atoms with Crippen LogP contribution in [-0.4, -0.2) is 49.6 Å². The van der Waals surface area contributed by atoms with Crippen LogP contribution in [0.2, 0.25) is 0 Å². The Hall–Kier alpha value is -2.07. The van der Waals surface area contributed by atoms with Gasteiger partial charge in [0.25, 0.3) is 5.91 Å². The van der Waals surface area contributed by atoms with Crippen LogP contribution in [0.25, 0.3) is 0 Å². The zero-order valence-corrected chi connectivity index (χ0v) is 21.1. The minimum absolute atomic E-state index is 0. The van der Waals surface area contributed by atoms with Crippen molar-refractivity contribution in [1.29, 1.82) is 0 Å². The number of ether oxygens (including phenoxy) is 1. The van der Waals surface area contributed by atoms with Crippen molar-refractivity contribution in [2.75, 3.05) is 32.8 Å². The normalized spacial score (nSPS) is 11.0. The van der Waals surface area contributed by atoms with Gasteiger partial charge >= 0.3 is 0 Å². The molecule has 2 aromatic rings. The van der Waals surface area contributed by atoms with Crippen LogP contribution in [0.3, 0.4) is 0 Å². The highest BCUT2D eigenvalue weighted by molar-refractivity contribution is 14.0. The standard InChI is InChI=1S/C23H34N4O3.HI/c1-4-24-23(25-14-8-15-29-18-21-9-7-16-30-21)26-17-19-10-12-20(13-11-19)22(28)27(5-2)6-3;/h7,9-13,16H,4-6,8,14-15,17-18H2,1-3H3,(H2,24,25,26);1H. The topological polar surface area (TPSA) is 79.1 Å². The number of halogens is 1. The number of furan rings is 1. The van der Waals surface area contributed by atoms with Crippen molar-refractivity contribution in [1.82, 2.24) is 15.5 Å². The molecule has 0 fully saturated rings. The van der Waals surface area contributed by atoms with E-state index in [4.69, 9.17) is 9.15 Å². The Bertz CT molecular complexity index is 760. The number of nitrogens with one attached hydrogen (secondary N) is 2. The molecular formula is C23H35IN4O3. The van der Waals surface area contributed by atoms with E-state index in [9.17, 15) is 4.79 Å². The van der Waals surface area contributed by atoms with E-state index in [0.29, 0.717) is 38.4 Å². The van der Waals surface area contributed by atoms with Gasteiger partial charge in [0.05, 0.1) is 12.8 Å². The molecule has 1 aromatic heterocycles. The van der Waals surface area contributed by atoms with Crippen molar-refractivity contribution < 1.29 is 13.9 Å². The highest BCUT2D eigenvalue weighted by Gasteiger charge is 2.11. The summed E-state index contributed by atoms with van der Waals surface area (Å²) in [5.41, 5.74) is 1.77. The van der Waals surface area contributed by atoms with Gasteiger partial charge < -0.3 is 24.7 Å². The second kappa shape index (κ2) is 15.7. The zero-order valence-electron chi connectivity index (χ0n) is 18.7. The van der Waals surface area contributed by atoms with E-state index in [1.807, 2.05) is 62.1 Å². The van der Waals surface area contributed by atoms with Crippen molar-refractivity contribution in [2.45, 2.75) is 40.3 Å². The molecule has 0 saturated heterocycles. The maximum atomic E-state index is 12.4. The molecule has 172 valence electrons. The second-order valence-corrected chi connectivity index (χ2v) is 6.78. The Morgan fingerprint density at radius 2 is 1.84 bits per heavy atom. The first-order chi connectivity index (χ1) is 14.7. The van der Waals surface area contributed by atoms with Crippen LogP contribution >= 0.6 is 24.0 Å². The molecule has 0 bridgehead atoms. The number of aliphatic imine (C=N–C) groups is 1. The van der Waals surface area contributed by atoms with Gasteiger partial charge in [-0.3, -0.25) is 4.79 Å². The first kappa shape index (κ1) is 27.0. The quantitative estimate of drug-likeness (QED) is 0.183. The number of hydrogen-bond acceptors (Lipinski definition) is 4. The predicted octanol–water partition coefficient (Wildman–Crippen LogP) is 4.04. The van der Waals surface area contributed by atoms with Gasteiger partial charge in [0.1, 0.15) is 12.4 Å². The molecular weight excluding hydrogens is 507 g/mol. The molecule has 1 aromatic carbocycles. The minimum Gasteiger partial charge on any atom is -0.467 e. The Labute approximate surface area is 202 Å². The van der Waals surface area contributed by atoms with Gasteiger partial charge in [-0.1, -0.05) is 12.1 Å². The van der Waals surface area contributed by atoms with Gasteiger partial charge in [-0.15, -0.1) is 24.0 Å². The minimum atomic E-state index is 0. The molecule has 1 amide bonds. The van der Waals surface area contributed by atoms with E-state index in [0.717, 1.165) is 36.8 Å².